The number of nitrogens with zero attached hydrogens (tertiary/aromatic N) is 1. The maximum absolute atomic E-state index is 12.3. The van der Waals surface area contributed by atoms with Crippen molar-refractivity contribution in [3.05, 3.63) is 0 Å². The van der Waals surface area contributed by atoms with Crippen LogP contribution in [0.15, 0.2) is 0 Å². The fourth-order valence-corrected chi connectivity index (χ4v) is 22.2. The Kier molecular flexibility index (Phi) is 7.53. The van der Waals surface area contributed by atoms with Gasteiger partial charge in [-0.1, -0.05) is 0 Å². The van der Waals surface area contributed by atoms with E-state index in [4.69, 9.17) is 0 Å². The van der Waals surface area contributed by atoms with Crippen molar-refractivity contribution in [3.8, 4) is 0 Å². The summed E-state index contributed by atoms with van der Waals surface area (Å²) < 4.78 is 30.1. The van der Waals surface area contributed by atoms with Gasteiger partial charge in [-0.05, 0) is 0 Å². The summed E-state index contributed by atoms with van der Waals surface area (Å²) in [5, 5.41) is 0. The van der Waals surface area contributed by atoms with Crippen molar-refractivity contribution in [2.75, 3.05) is 16.9 Å². The van der Waals surface area contributed by atoms with Gasteiger partial charge >= 0.3 is 106 Å². The fraction of sp³-hybridized carbons (Fsp3) is 1.00. The normalized spacial score (nSPS) is 13.4. The second-order valence-corrected chi connectivity index (χ2v) is 23.5. The van der Waals surface area contributed by atoms with Crippen molar-refractivity contribution in [2.24, 2.45) is 0 Å². The zero-order chi connectivity index (χ0) is 12.8. The van der Waals surface area contributed by atoms with Crippen molar-refractivity contribution < 1.29 is 8.42 Å². The summed E-state index contributed by atoms with van der Waals surface area (Å²) in [5.74, 6) is 0. The van der Waals surface area contributed by atoms with Gasteiger partial charge < -0.3 is 0 Å². The van der Waals surface area contributed by atoms with Crippen LogP contribution >= 0.6 is 0 Å². The molecular weight excluding hydrogens is 329 g/mol. The standard InChI is InChI=1S/C5H12NO2S.3C2H5.Sn/c1-4-6(5-2)9(3,7)8;3*1-2;/h3-5H2,1-2H3;3*1H2,2H3;. The third kappa shape index (κ3) is 4.18. The van der Waals surface area contributed by atoms with Gasteiger partial charge in [-0.3, -0.25) is 0 Å². The summed E-state index contributed by atoms with van der Waals surface area (Å²) in [6.07, 6.45) is 0. The van der Waals surface area contributed by atoms with Gasteiger partial charge in [-0.15, -0.1) is 0 Å². The van der Waals surface area contributed by atoms with Crippen LogP contribution in [0.2, 0.25) is 13.3 Å². The Bertz CT molecular complexity index is 274. The van der Waals surface area contributed by atoms with Gasteiger partial charge in [0.25, 0.3) is 0 Å². The first-order valence-electron chi connectivity index (χ1n) is 6.39. The van der Waals surface area contributed by atoms with E-state index in [1.54, 1.807) is 4.31 Å². The SMILES string of the molecule is CCN(CC)S(=O)(=O)[CH2][Sn]([CH2]C)([CH2]C)[CH2]C. The van der Waals surface area contributed by atoms with E-state index in [2.05, 4.69) is 20.8 Å². The summed E-state index contributed by atoms with van der Waals surface area (Å²) in [4.78, 5) is 0. The van der Waals surface area contributed by atoms with E-state index in [1.165, 1.54) is 0 Å². The summed E-state index contributed by atoms with van der Waals surface area (Å²) >= 11 is -2.36. The molecule has 0 radical (unpaired) electrons. The van der Waals surface area contributed by atoms with Crippen LogP contribution in [0.1, 0.15) is 34.6 Å². The average Bonchev–Trinajstić information content (AvgIpc) is 2.27. The van der Waals surface area contributed by atoms with Crippen LogP contribution < -0.4 is 0 Å². The first kappa shape index (κ1) is 16.7. The molecule has 0 aromatic rings. The third-order valence-corrected chi connectivity index (χ3v) is 27.3. The second kappa shape index (κ2) is 7.21. The van der Waals surface area contributed by atoms with Crippen LogP contribution in [0.25, 0.3) is 0 Å². The molecule has 3 nitrogen and oxygen atoms in total. The zero-order valence-electron chi connectivity index (χ0n) is 11.4. The minimum atomic E-state index is -2.99. The number of rotatable bonds is 8. The van der Waals surface area contributed by atoms with E-state index in [0.717, 1.165) is 13.3 Å². The molecule has 0 bridgehead atoms. The predicted octanol–water partition coefficient (Wildman–Crippen LogP) is 2.71. The molecule has 0 unspecified atom stereocenters. The molecule has 0 aromatic heterocycles. The third-order valence-electron chi connectivity index (χ3n) is 3.84. The Morgan fingerprint density at radius 2 is 1.25 bits per heavy atom. The molecule has 0 aliphatic heterocycles. The van der Waals surface area contributed by atoms with Crippen LogP contribution in [0.4, 0.5) is 0 Å². The number of sulfonamides is 1. The van der Waals surface area contributed by atoms with E-state index in [0.29, 0.717) is 16.9 Å². The molecule has 0 aliphatic rings. The molecule has 0 heterocycles. The molecule has 0 spiro atoms. The fourth-order valence-electron chi connectivity index (χ4n) is 2.15. The van der Waals surface area contributed by atoms with E-state index in [9.17, 15) is 8.42 Å². The molecule has 0 aliphatic carbocycles. The van der Waals surface area contributed by atoms with Crippen LogP contribution in [-0.4, -0.2) is 48.0 Å². The van der Waals surface area contributed by atoms with Gasteiger partial charge in [0.1, 0.15) is 0 Å². The molecule has 0 N–H and O–H groups in total. The Labute approximate surface area is 106 Å². The summed E-state index contributed by atoms with van der Waals surface area (Å²) in [7, 11) is -2.99. The maximum atomic E-state index is 12.3. The van der Waals surface area contributed by atoms with Crippen LogP contribution in [-0.2, 0) is 10.0 Å². The molecule has 0 saturated heterocycles. The molecule has 0 saturated carbocycles. The quantitative estimate of drug-likeness (QED) is 0.628. The van der Waals surface area contributed by atoms with Crippen molar-refractivity contribution in [1.82, 2.24) is 4.31 Å². The Morgan fingerprint density at radius 3 is 1.50 bits per heavy atom. The van der Waals surface area contributed by atoms with Crippen molar-refractivity contribution in [3.63, 3.8) is 0 Å². The summed E-state index contributed by atoms with van der Waals surface area (Å²) in [5.41, 5.74) is 0. The predicted molar refractivity (Wildman–Crippen MR) is 73.9 cm³/mol. The van der Waals surface area contributed by atoms with Crippen LogP contribution in [0.3, 0.4) is 0 Å². The zero-order valence-corrected chi connectivity index (χ0v) is 15.1. The Morgan fingerprint density at radius 1 is 0.875 bits per heavy atom. The van der Waals surface area contributed by atoms with Crippen molar-refractivity contribution >= 4 is 28.4 Å². The van der Waals surface area contributed by atoms with Crippen LogP contribution in [0, 0.1) is 0 Å². The molecule has 0 rings (SSSR count). The summed E-state index contributed by atoms with van der Waals surface area (Å²) in [6.45, 7) is 11.6. The van der Waals surface area contributed by atoms with E-state index in [-0.39, 0.29) is 0 Å². The first-order chi connectivity index (χ1) is 7.41. The number of hydrogen-bond acceptors (Lipinski definition) is 2. The number of hydrogen-bond donors (Lipinski definition) is 0. The minimum absolute atomic E-state index is 0.507. The first-order valence-corrected chi connectivity index (χ1v) is 16.1. The molecule has 0 amide bonds. The van der Waals surface area contributed by atoms with Gasteiger partial charge in [-0.25, -0.2) is 0 Å². The Balaban J connectivity index is 4.92. The van der Waals surface area contributed by atoms with Gasteiger partial charge in [0.05, 0.1) is 0 Å². The molecule has 16 heavy (non-hydrogen) atoms. The van der Waals surface area contributed by atoms with Gasteiger partial charge in [0, 0.05) is 0 Å². The van der Waals surface area contributed by atoms with E-state index in [1.807, 2.05) is 13.8 Å². The Hall–Kier alpha value is 0.709. The molecule has 0 atom stereocenters. The van der Waals surface area contributed by atoms with Crippen molar-refractivity contribution in [1.29, 1.82) is 0 Å². The molecule has 98 valence electrons. The summed E-state index contributed by atoms with van der Waals surface area (Å²) in [6, 6.07) is 0. The molecule has 0 fully saturated rings. The van der Waals surface area contributed by atoms with Gasteiger partial charge in [0.15, 0.2) is 0 Å². The van der Waals surface area contributed by atoms with Crippen molar-refractivity contribution in [2.45, 2.75) is 47.9 Å². The van der Waals surface area contributed by atoms with Gasteiger partial charge in [-0.2, -0.15) is 0 Å². The van der Waals surface area contributed by atoms with E-state index >= 15 is 0 Å². The van der Waals surface area contributed by atoms with Gasteiger partial charge in [0.2, 0.25) is 0 Å². The van der Waals surface area contributed by atoms with Crippen LogP contribution in [0.5, 0.6) is 0 Å². The molecule has 5 heteroatoms. The molecule has 0 aromatic carbocycles. The van der Waals surface area contributed by atoms with E-state index < -0.39 is 28.4 Å². The molecular formula is C11H27NO2SSn. The topological polar surface area (TPSA) is 37.4 Å². The monoisotopic (exact) mass is 357 g/mol. The average molecular weight is 356 g/mol. The second-order valence-electron chi connectivity index (χ2n) is 4.40.